The minimum absolute atomic E-state index is 0.765. The molecule has 0 fully saturated rings. The van der Waals surface area contributed by atoms with Gasteiger partial charge in [-0.25, -0.2) is 4.98 Å². The smallest absolute Gasteiger partial charge is 0.0795 e. The van der Waals surface area contributed by atoms with Crippen LogP contribution in [-0.4, -0.2) is 14.8 Å². The number of aromatic nitrogens is 3. The topological polar surface area (TPSA) is 42.7 Å². The van der Waals surface area contributed by atoms with Gasteiger partial charge in [0.25, 0.3) is 0 Å². The van der Waals surface area contributed by atoms with Gasteiger partial charge < -0.3 is 5.32 Å². The predicted molar refractivity (Wildman–Crippen MR) is 62.0 cm³/mol. The fraction of sp³-hybridized carbons (Fsp3) is 0.400. The first-order valence-corrected chi connectivity index (χ1v) is 5.96. The Morgan fingerprint density at radius 3 is 3.20 bits per heavy atom. The maximum absolute atomic E-state index is 4.24. The third-order valence-corrected chi connectivity index (χ3v) is 2.68. The van der Waals surface area contributed by atoms with Gasteiger partial charge in [0.15, 0.2) is 0 Å². The highest BCUT2D eigenvalue weighted by Gasteiger charge is 1.98. The quantitative estimate of drug-likeness (QED) is 0.844. The van der Waals surface area contributed by atoms with Crippen LogP contribution in [0, 0.1) is 0 Å². The molecular weight excluding hydrogens is 208 g/mol. The number of anilines is 1. The molecule has 0 saturated carbocycles. The van der Waals surface area contributed by atoms with E-state index < -0.39 is 0 Å². The van der Waals surface area contributed by atoms with Crippen molar-refractivity contribution in [1.29, 1.82) is 0 Å². The average Bonchev–Trinajstić information content (AvgIpc) is 2.85. The monoisotopic (exact) mass is 222 g/mol. The molecule has 1 N–H and O–H groups in total. The van der Waals surface area contributed by atoms with Crippen molar-refractivity contribution in [3.63, 3.8) is 0 Å². The highest BCUT2D eigenvalue weighted by molar-refractivity contribution is 7.07. The number of nitrogens with zero attached hydrogens (tertiary/aromatic N) is 3. The van der Waals surface area contributed by atoms with Crippen LogP contribution in [0.15, 0.2) is 23.3 Å². The van der Waals surface area contributed by atoms with E-state index in [1.54, 1.807) is 11.3 Å². The van der Waals surface area contributed by atoms with Gasteiger partial charge in [-0.1, -0.05) is 6.92 Å². The lowest BCUT2D eigenvalue weighted by molar-refractivity contribution is 0.603. The van der Waals surface area contributed by atoms with Gasteiger partial charge in [-0.05, 0) is 6.42 Å². The molecule has 0 aromatic carbocycles. The first-order chi connectivity index (χ1) is 7.38. The van der Waals surface area contributed by atoms with Crippen molar-refractivity contribution in [1.82, 2.24) is 14.8 Å². The minimum Gasteiger partial charge on any atom is -0.377 e. The molecule has 0 spiro atoms. The highest BCUT2D eigenvalue weighted by atomic mass is 32.1. The zero-order chi connectivity index (χ0) is 10.5. The molecule has 0 atom stereocenters. The third-order valence-electron chi connectivity index (χ3n) is 2.04. The maximum atomic E-state index is 4.24. The van der Waals surface area contributed by atoms with Crippen molar-refractivity contribution >= 4 is 17.0 Å². The number of nitrogens with one attached hydrogen (secondary N) is 1. The molecule has 0 bridgehead atoms. The molecule has 0 unspecified atom stereocenters. The molecule has 0 saturated heterocycles. The largest absolute Gasteiger partial charge is 0.377 e. The van der Waals surface area contributed by atoms with E-state index in [0.717, 1.165) is 30.9 Å². The summed E-state index contributed by atoms with van der Waals surface area (Å²) < 4.78 is 1.95. The van der Waals surface area contributed by atoms with E-state index in [4.69, 9.17) is 0 Å². The second-order valence-corrected chi connectivity index (χ2v) is 4.04. The Balaban J connectivity index is 1.88. The number of hydrogen-bond acceptors (Lipinski definition) is 4. The third kappa shape index (κ3) is 2.79. The molecule has 15 heavy (non-hydrogen) atoms. The summed E-state index contributed by atoms with van der Waals surface area (Å²) in [6, 6.07) is 0. The van der Waals surface area contributed by atoms with E-state index in [0.29, 0.717) is 0 Å². The molecule has 2 rings (SSSR count). The number of aryl methyl sites for hydroxylation is 1. The second-order valence-electron chi connectivity index (χ2n) is 3.33. The van der Waals surface area contributed by atoms with E-state index in [1.165, 1.54) is 0 Å². The fourth-order valence-corrected chi connectivity index (χ4v) is 1.88. The first-order valence-electron chi connectivity index (χ1n) is 5.02. The summed E-state index contributed by atoms with van der Waals surface area (Å²) in [5.41, 5.74) is 3.97. The van der Waals surface area contributed by atoms with E-state index in [2.05, 4.69) is 22.3 Å². The zero-order valence-corrected chi connectivity index (χ0v) is 9.50. The number of hydrogen-bond donors (Lipinski definition) is 1. The van der Waals surface area contributed by atoms with Gasteiger partial charge in [-0.3, -0.25) is 4.68 Å². The number of rotatable bonds is 5. The molecule has 2 aromatic heterocycles. The van der Waals surface area contributed by atoms with Crippen LogP contribution in [0.3, 0.4) is 0 Å². The van der Waals surface area contributed by atoms with Crippen LogP contribution in [-0.2, 0) is 13.1 Å². The Morgan fingerprint density at radius 2 is 2.47 bits per heavy atom. The van der Waals surface area contributed by atoms with E-state index in [1.807, 2.05) is 28.0 Å². The van der Waals surface area contributed by atoms with Gasteiger partial charge in [0.2, 0.25) is 0 Å². The van der Waals surface area contributed by atoms with Gasteiger partial charge >= 0.3 is 0 Å². The SMILES string of the molecule is CCCn1cc(NCc2cscn2)cn1. The Bertz CT molecular complexity index is 393. The maximum Gasteiger partial charge on any atom is 0.0795 e. The summed E-state index contributed by atoms with van der Waals surface area (Å²) >= 11 is 1.62. The molecule has 0 aliphatic carbocycles. The molecule has 2 heterocycles. The van der Waals surface area contributed by atoms with Crippen molar-refractivity contribution in [2.45, 2.75) is 26.4 Å². The summed E-state index contributed by atoms with van der Waals surface area (Å²) in [5, 5.41) is 9.57. The van der Waals surface area contributed by atoms with E-state index in [9.17, 15) is 0 Å². The van der Waals surface area contributed by atoms with E-state index in [-0.39, 0.29) is 0 Å². The van der Waals surface area contributed by atoms with E-state index >= 15 is 0 Å². The number of thiazole rings is 1. The zero-order valence-electron chi connectivity index (χ0n) is 8.68. The Kier molecular flexibility index (Phi) is 3.34. The van der Waals surface area contributed by atoms with Crippen LogP contribution in [0.4, 0.5) is 5.69 Å². The standard InChI is InChI=1S/C10H14N4S/c1-2-3-14-6-9(5-13-14)11-4-10-7-15-8-12-10/h5-8,11H,2-4H2,1H3. The van der Waals surface area contributed by atoms with Crippen LogP contribution in [0.2, 0.25) is 0 Å². The molecule has 80 valence electrons. The summed E-state index contributed by atoms with van der Waals surface area (Å²) in [6.45, 7) is 3.88. The Labute approximate surface area is 93.0 Å². The van der Waals surface area contributed by atoms with Crippen LogP contribution in [0.5, 0.6) is 0 Å². The highest BCUT2D eigenvalue weighted by Crippen LogP contribution is 2.08. The van der Waals surface area contributed by atoms with Crippen molar-refractivity contribution in [2.24, 2.45) is 0 Å². The molecule has 2 aromatic rings. The van der Waals surface area contributed by atoms with Gasteiger partial charge in [0.05, 0.1) is 29.6 Å². The van der Waals surface area contributed by atoms with Crippen molar-refractivity contribution in [2.75, 3.05) is 5.32 Å². The van der Waals surface area contributed by atoms with Gasteiger partial charge in [-0.15, -0.1) is 11.3 Å². The average molecular weight is 222 g/mol. The lowest BCUT2D eigenvalue weighted by atomic mass is 10.4. The van der Waals surface area contributed by atoms with Gasteiger partial charge in [-0.2, -0.15) is 5.10 Å². The lowest BCUT2D eigenvalue weighted by Crippen LogP contribution is -1.99. The summed E-state index contributed by atoms with van der Waals surface area (Å²) in [5.74, 6) is 0. The lowest BCUT2D eigenvalue weighted by Gasteiger charge is -1.99. The second kappa shape index (κ2) is 4.93. The predicted octanol–water partition coefficient (Wildman–Crippen LogP) is 2.36. The molecule has 5 heteroatoms. The summed E-state index contributed by atoms with van der Waals surface area (Å²) in [4.78, 5) is 4.20. The molecule has 4 nitrogen and oxygen atoms in total. The van der Waals surface area contributed by atoms with Crippen molar-refractivity contribution < 1.29 is 0 Å². The Morgan fingerprint density at radius 1 is 1.53 bits per heavy atom. The van der Waals surface area contributed by atoms with Gasteiger partial charge in [0, 0.05) is 18.1 Å². The Hall–Kier alpha value is -1.36. The molecule has 0 aliphatic rings. The van der Waals surface area contributed by atoms with Crippen LogP contribution in [0.1, 0.15) is 19.0 Å². The van der Waals surface area contributed by atoms with Crippen LogP contribution < -0.4 is 5.32 Å². The van der Waals surface area contributed by atoms with Crippen LogP contribution in [0.25, 0.3) is 0 Å². The molecule has 0 amide bonds. The minimum atomic E-state index is 0.765. The first kappa shape index (κ1) is 10.2. The van der Waals surface area contributed by atoms with Crippen LogP contribution >= 0.6 is 11.3 Å². The summed E-state index contributed by atoms with van der Waals surface area (Å²) in [7, 11) is 0. The van der Waals surface area contributed by atoms with Gasteiger partial charge in [0.1, 0.15) is 0 Å². The van der Waals surface area contributed by atoms with Crippen molar-refractivity contribution in [3.8, 4) is 0 Å². The normalized spacial score (nSPS) is 10.5. The molecule has 0 aliphatic heterocycles. The molecular formula is C10H14N4S. The summed E-state index contributed by atoms with van der Waals surface area (Å²) in [6.07, 6.45) is 4.98. The van der Waals surface area contributed by atoms with Crippen molar-refractivity contribution in [3.05, 3.63) is 29.0 Å². The fourth-order valence-electron chi connectivity index (χ4n) is 1.32. The molecule has 0 radical (unpaired) electrons.